The fraction of sp³-hybridized carbons (Fsp3) is 0.0500. The van der Waals surface area contributed by atoms with Crippen molar-refractivity contribution in [3.8, 4) is 5.75 Å². The topological polar surface area (TPSA) is 51.2 Å². The molecule has 0 aliphatic carbocycles. The zero-order valence-corrected chi connectivity index (χ0v) is 13.1. The summed E-state index contributed by atoms with van der Waals surface area (Å²) in [6.07, 6.45) is 1.61. The smallest absolute Gasteiger partial charge is 0.338 e. The minimum absolute atomic E-state index is 0.360. The summed E-state index contributed by atoms with van der Waals surface area (Å²) in [7, 11) is 0. The van der Waals surface area contributed by atoms with Crippen LogP contribution in [0.1, 0.15) is 17.3 Å². The van der Waals surface area contributed by atoms with Gasteiger partial charge in [0.1, 0.15) is 0 Å². The van der Waals surface area contributed by atoms with E-state index in [4.69, 9.17) is 4.74 Å². The molecule has 1 radical (unpaired) electrons. The maximum Gasteiger partial charge on any atom is 0.338 e. The third-order valence-electron chi connectivity index (χ3n) is 3.51. The van der Waals surface area contributed by atoms with Crippen molar-refractivity contribution in [1.29, 1.82) is 0 Å². The Hall–Kier alpha value is -3.14. The molecule has 4 heteroatoms. The minimum atomic E-state index is -0.631. The van der Waals surface area contributed by atoms with Crippen molar-refractivity contribution < 1.29 is 9.53 Å². The zero-order valence-electron chi connectivity index (χ0n) is 13.1. The first-order valence-electron chi connectivity index (χ1n) is 7.59. The van der Waals surface area contributed by atoms with Crippen LogP contribution in [0.15, 0.2) is 79.0 Å². The van der Waals surface area contributed by atoms with Gasteiger partial charge in [0.25, 0.3) is 0 Å². The molecule has 1 aromatic heterocycles. The molecular formula is C20H17N2O2. The highest BCUT2D eigenvalue weighted by molar-refractivity contribution is 5.83. The quantitative estimate of drug-likeness (QED) is 0.722. The van der Waals surface area contributed by atoms with Crippen LogP contribution < -0.4 is 10.1 Å². The molecule has 0 saturated heterocycles. The van der Waals surface area contributed by atoms with Gasteiger partial charge < -0.3 is 10.1 Å². The monoisotopic (exact) mass is 317 g/mol. The molecule has 1 N–H and O–H groups in total. The van der Waals surface area contributed by atoms with Crippen LogP contribution in [-0.4, -0.2) is 11.0 Å². The Bertz CT molecular complexity index is 804. The van der Waals surface area contributed by atoms with Crippen molar-refractivity contribution >= 4 is 11.7 Å². The summed E-state index contributed by atoms with van der Waals surface area (Å²) >= 11 is 0. The van der Waals surface area contributed by atoms with Crippen molar-refractivity contribution in [2.75, 3.05) is 5.32 Å². The molecule has 0 spiro atoms. The molecule has 119 valence electrons. The van der Waals surface area contributed by atoms with Gasteiger partial charge in [-0.05, 0) is 36.8 Å². The lowest BCUT2D eigenvalue weighted by molar-refractivity contribution is -0.135. The summed E-state index contributed by atoms with van der Waals surface area (Å²) in [5.41, 5.74) is 2.09. The number of hydrogen-bond donors (Lipinski definition) is 1. The highest BCUT2D eigenvalue weighted by Crippen LogP contribution is 2.23. The van der Waals surface area contributed by atoms with Crippen LogP contribution in [0.5, 0.6) is 5.75 Å². The number of aromatic nitrogens is 1. The average Bonchev–Trinajstić information content (AvgIpc) is 2.63. The second kappa shape index (κ2) is 7.42. The highest BCUT2D eigenvalue weighted by Gasteiger charge is 2.23. The fourth-order valence-electron chi connectivity index (χ4n) is 2.31. The third-order valence-corrected chi connectivity index (χ3v) is 3.51. The molecule has 0 fully saturated rings. The second-order valence-corrected chi connectivity index (χ2v) is 5.22. The van der Waals surface area contributed by atoms with Crippen LogP contribution in [0.3, 0.4) is 0 Å². The molecule has 3 aromatic rings. The number of pyridine rings is 1. The predicted octanol–water partition coefficient (Wildman–Crippen LogP) is 4.02. The first-order chi connectivity index (χ1) is 11.7. The number of benzene rings is 2. The van der Waals surface area contributed by atoms with E-state index in [-0.39, 0.29) is 0 Å². The lowest BCUT2D eigenvalue weighted by atomic mass is 10.1. The van der Waals surface area contributed by atoms with Gasteiger partial charge in [-0.2, -0.15) is 0 Å². The van der Waals surface area contributed by atoms with Gasteiger partial charge in [-0.3, -0.25) is 4.98 Å². The summed E-state index contributed by atoms with van der Waals surface area (Å²) in [4.78, 5) is 16.8. The molecule has 0 aliphatic rings. The number of carbonyl (C=O) groups excluding carboxylic acids is 1. The normalized spacial score (nSPS) is 11.5. The van der Waals surface area contributed by atoms with Gasteiger partial charge in [-0.15, -0.1) is 0 Å². The van der Waals surface area contributed by atoms with E-state index in [1.807, 2.05) is 60.7 Å². The van der Waals surface area contributed by atoms with Crippen molar-refractivity contribution in [3.05, 3.63) is 97.2 Å². The Morgan fingerprint density at radius 3 is 2.29 bits per heavy atom. The molecule has 3 rings (SSSR count). The van der Waals surface area contributed by atoms with Gasteiger partial charge in [-0.1, -0.05) is 48.5 Å². The first-order valence-corrected chi connectivity index (χ1v) is 7.59. The van der Waals surface area contributed by atoms with E-state index >= 15 is 0 Å². The van der Waals surface area contributed by atoms with Crippen LogP contribution in [0, 0.1) is 6.92 Å². The molecule has 1 atom stereocenters. The largest absolute Gasteiger partial charge is 0.423 e. The lowest BCUT2D eigenvalue weighted by Gasteiger charge is -2.19. The van der Waals surface area contributed by atoms with Crippen molar-refractivity contribution in [1.82, 2.24) is 4.98 Å². The maximum atomic E-state index is 12.7. The van der Waals surface area contributed by atoms with Gasteiger partial charge in [0, 0.05) is 11.9 Å². The molecule has 0 aliphatic heterocycles. The number of nitrogens with one attached hydrogen (secondary N) is 1. The Morgan fingerprint density at radius 2 is 1.62 bits per heavy atom. The summed E-state index contributed by atoms with van der Waals surface area (Å²) in [6, 6.07) is 21.8. The van der Waals surface area contributed by atoms with Crippen molar-refractivity contribution in [2.24, 2.45) is 0 Å². The molecule has 2 aromatic carbocycles. The van der Waals surface area contributed by atoms with E-state index in [1.165, 1.54) is 0 Å². The molecule has 4 nitrogen and oxygen atoms in total. The van der Waals surface area contributed by atoms with E-state index in [9.17, 15) is 4.79 Å². The summed E-state index contributed by atoms with van der Waals surface area (Å²) in [6.45, 7) is 3.78. The van der Waals surface area contributed by atoms with E-state index in [0.29, 0.717) is 11.4 Å². The van der Waals surface area contributed by atoms with E-state index in [0.717, 1.165) is 11.3 Å². The van der Waals surface area contributed by atoms with E-state index in [1.54, 1.807) is 18.3 Å². The molecule has 0 bridgehead atoms. The van der Waals surface area contributed by atoms with Gasteiger partial charge in [0.15, 0.2) is 11.8 Å². The van der Waals surface area contributed by atoms with Crippen molar-refractivity contribution in [2.45, 2.75) is 6.04 Å². The van der Waals surface area contributed by atoms with Gasteiger partial charge in [-0.25, -0.2) is 4.79 Å². The molecular weight excluding hydrogens is 300 g/mol. The summed E-state index contributed by atoms with van der Waals surface area (Å²) in [5, 5.41) is 3.22. The molecule has 0 amide bonds. The Labute approximate surface area is 141 Å². The number of anilines is 1. The van der Waals surface area contributed by atoms with Crippen molar-refractivity contribution in [3.63, 3.8) is 0 Å². The molecule has 0 saturated carbocycles. The zero-order chi connectivity index (χ0) is 16.8. The summed E-state index contributed by atoms with van der Waals surface area (Å²) < 4.78 is 5.51. The maximum absolute atomic E-state index is 12.7. The van der Waals surface area contributed by atoms with Gasteiger partial charge >= 0.3 is 5.97 Å². The summed E-state index contributed by atoms with van der Waals surface area (Å²) in [5.74, 6) is -0.0544. The van der Waals surface area contributed by atoms with Gasteiger partial charge in [0.2, 0.25) is 0 Å². The number of esters is 1. The van der Waals surface area contributed by atoms with Crippen LogP contribution >= 0.6 is 0 Å². The number of carbonyl (C=O) groups is 1. The standard InChI is InChI=1S/C20H17N2O2/c1-15-18(13-8-14-21-15)24-20(23)19(16-9-4-2-5-10-16)22-17-11-6-3-7-12-17/h2-14,19,22H,1H2/t19-/m1/s1. The number of nitrogens with zero attached hydrogens (tertiary/aromatic N) is 1. The van der Waals surface area contributed by atoms with E-state index < -0.39 is 12.0 Å². The predicted molar refractivity (Wildman–Crippen MR) is 93.6 cm³/mol. The highest BCUT2D eigenvalue weighted by atomic mass is 16.5. The fourth-order valence-corrected chi connectivity index (χ4v) is 2.31. The minimum Gasteiger partial charge on any atom is -0.423 e. The molecule has 24 heavy (non-hydrogen) atoms. The number of ether oxygens (including phenoxy) is 1. The van der Waals surface area contributed by atoms with Crippen LogP contribution in [0.4, 0.5) is 5.69 Å². The third kappa shape index (κ3) is 3.79. The molecule has 1 heterocycles. The number of rotatable bonds is 5. The average molecular weight is 317 g/mol. The van der Waals surface area contributed by atoms with Crippen LogP contribution in [0.2, 0.25) is 0 Å². The van der Waals surface area contributed by atoms with Crippen LogP contribution in [0.25, 0.3) is 0 Å². The SMILES string of the molecule is [CH2]c1ncccc1OC(=O)[C@H](Nc1ccccc1)c1ccccc1. The Balaban J connectivity index is 1.87. The second-order valence-electron chi connectivity index (χ2n) is 5.22. The lowest BCUT2D eigenvalue weighted by Crippen LogP contribution is -2.25. The Morgan fingerprint density at radius 1 is 0.958 bits per heavy atom. The number of para-hydroxylation sites is 1. The molecule has 0 unspecified atom stereocenters. The number of hydrogen-bond acceptors (Lipinski definition) is 4. The van der Waals surface area contributed by atoms with E-state index in [2.05, 4.69) is 17.2 Å². The van der Waals surface area contributed by atoms with Crippen LogP contribution in [-0.2, 0) is 4.79 Å². The first kappa shape index (κ1) is 15.7. The Kier molecular flexibility index (Phi) is 4.87. The van der Waals surface area contributed by atoms with Gasteiger partial charge in [0.05, 0.1) is 5.69 Å².